The number of nitrogens with two attached hydrogens (primary N) is 1. The Morgan fingerprint density at radius 2 is 1.84 bits per heavy atom. The van der Waals surface area contributed by atoms with E-state index in [2.05, 4.69) is 24.1 Å². The predicted molar refractivity (Wildman–Crippen MR) is 78.6 cm³/mol. The van der Waals surface area contributed by atoms with Gasteiger partial charge in [-0.2, -0.15) is 0 Å². The van der Waals surface area contributed by atoms with E-state index in [4.69, 9.17) is 5.73 Å². The van der Waals surface area contributed by atoms with Crippen LogP contribution < -0.4 is 22.3 Å². The Morgan fingerprint density at radius 1 is 1.26 bits per heavy atom. The summed E-state index contributed by atoms with van der Waals surface area (Å²) in [5.74, 6) is 0.662. The fourth-order valence-corrected chi connectivity index (χ4v) is 2.38. The summed E-state index contributed by atoms with van der Waals surface area (Å²) in [5, 5.41) is 3.15. The molecule has 108 valence electrons. The molecule has 0 saturated carbocycles. The average Bonchev–Trinajstić information content (AvgIpc) is 2.36. The second-order valence-corrected chi connectivity index (χ2v) is 4.77. The quantitative estimate of drug-likeness (QED) is 0.726. The normalized spacial score (nSPS) is 12.7. The molecule has 4 N–H and O–H groups in total. The summed E-state index contributed by atoms with van der Waals surface area (Å²) in [6, 6.07) is 0.126. The van der Waals surface area contributed by atoms with Gasteiger partial charge in [0.2, 0.25) is 0 Å². The van der Waals surface area contributed by atoms with Gasteiger partial charge < -0.3 is 11.1 Å². The van der Waals surface area contributed by atoms with Crippen LogP contribution in [-0.2, 0) is 6.54 Å². The van der Waals surface area contributed by atoms with Gasteiger partial charge in [-0.3, -0.25) is 14.3 Å². The van der Waals surface area contributed by atoms with Gasteiger partial charge in [0.15, 0.2) is 0 Å². The number of nitrogens with one attached hydrogen (secondary N) is 2. The van der Waals surface area contributed by atoms with Gasteiger partial charge in [0.25, 0.3) is 5.56 Å². The summed E-state index contributed by atoms with van der Waals surface area (Å²) < 4.78 is 1.35. The summed E-state index contributed by atoms with van der Waals surface area (Å²) in [4.78, 5) is 25.7. The molecule has 1 unspecified atom stereocenters. The molecule has 6 heteroatoms. The number of hydrogen-bond donors (Lipinski definition) is 3. The van der Waals surface area contributed by atoms with E-state index in [0.717, 1.165) is 12.8 Å². The second kappa shape index (κ2) is 6.45. The largest absolute Gasteiger partial charge is 0.383 e. The Bertz CT molecular complexity index is 528. The van der Waals surface area contributed by atoms with Gasteiger partial charge in [-0.15, -0.1) is 0 Å². The zero-order valence-corrected chi connectivity index (χ0v) is 12.1. The van der Waals surface area contributed by atoms with E-state index in [1.54, 1.807) is 0 Å². The van der Waals surface area contributed by atoms with Crippen LogP contribution in [0.5, 0.6) is 0 Å². The molecule has 1 heterocycles. The van der Waals surface area contributed by atoms with Gasteiger partial charge in [-0.25, -0.2) is 4.79 Å². The minimum Gasteiger partial charge on any atom is -0.383 e. The summed E-state index contributed by atoms with van der Waals surface area (Å²) in [6.45, 7) is 8.50. The van der Waals surface area contributed by atoms with Crippen molar-refractivity contribution < 1.29 is 0 Å². The van der Waals surface area contributed by atoms with Crippen LogP contribution in [0.25, 0.3) is 0 Å². The highest BCUT2D eigenvalue weighted by Gasteiger charge is 2.18. The molecule has 19 heavy (non-hydrogen) atoms. The first-order valence-corrected chi connectivity index (χ1v) is 6.85. The van der Waals surface area contributed by atoms with Crippen LogP contribution in [0.1, 0.15) is 40.5 Å². The molecule has 1 atom stereocenters. The molecule has 0 aromatic carbocycles. The second-order valence-electron chi connectivity index (χ2n) is 4.77. The van der Waals surface area contributed by atoms with Crippen LogP contribution >= 0.6 is 0 Å². The number of H-pyrrole nitrogens is 1. The third-order valence-electron chi connectivity index (χ3n) is 3.68. The molecule has 0 fully saturated rings. The maximum Gasteiger partial charge on any atom is 0.330 e. The number of rotatable bonds is 6. The molecule has 0 saturated heterocycles. The third-order valence-corrected chi connectivity index (χ3v) is 3.68. The van der Waals surface area contributed by atoms with Crippen LogP contribution in [0.3, 0.4) is 0 Å². The lowest BCUT2D eigenvalue weighted by atomic mass is 9.95. The lowest BCUT2D eigenvalue weighted by Crippen LogP contribution is -2.36. The summed E-state index contributed by atoms with van der Waals surface area (Å²) in [6.07, 6.45) is 2.05. The van der Waals surface area contributed by atoms with Crippen molar-refractivity contribution in [2.45, 2.75) is 53.1 Å². The molecule has 0 aliphatic heterocycles. The Labute approximate surface area is 113 Å². The van der Waals surface area contributed by atoms with Crippen molar-refractivity contribution in [2.75, 3.05) is 11.1 Å². The molecular weight excluding hydrogens is 244 g/mol. The van der Waals surface area contributed by atoms with Gasteiger partial charge in [0, 0.05) is 12.6 Å². The molecule has 0 spiro atoms. The van der Waals surface area contributed by atoms with E-state index in [1.165, 1.54) is 4.57 Å². The van der Waals surface area contributed by atoms with Gasteiger partial charge in [0.05, 0.1) is 0 Å². The molecule has 0 amide bonds. The zero-order valence-electron chi connectivity index (χ0n) is 12.1. The monoisotopic (exact) mass is 268 g/mol. The van der Waals surface area contributed by atoms with E-state index in [0.29, 0.717) is 18.2 Å². The van der Waals surface area contributed by atoms with Gasteiger partial charge in [-0.05, 0) is 19.8 Å². The number of anilines is 2. The molecule has 1 rings (SSSR count). The average molecular weight is 268 g/mol. The number of nitrogens with zero attached hydrogens (tertiary/aromatic N) is 1. The van der Waals surface area contributed by atoms with Crippen molar-refractivity contribution in [3.8, 4) is 0 Å². The SMILES string of the molecule is CCC(CC)C(C)Nc1c(N)n(CC)c(=O)[nH]c1=O. The van der Waals surface area contributed by atoms with Crippen molar-refractivity contribution in [3.63, 3.8) is 0 Å². The van der Waals surface area contributed by atoms with Crippen LogP contribution in [-0.4, -0.2) is 15.6 Å². The highest BCUT2D eigenvalue weighted by atomic mass is 16.2. The fourth-order valence-electron chi connectivity index (χ4n) is 2.38. The number of aromatic amines is 1. The maximum absolute atomic E-state index is 11.9. The van der Waals surface area contributed by atoms with E-state index in [-0.39, 0.29) is 11.9 Å². The van der Waals surface area contributed by atoms with E-state index in [9.17, 15) is 9.59 Å². The Balaban J connectivity index is 3.15. The summed E-state index contributed by atoms with van der Waals surface area (Å²) in [7, 11) is 0. The Morgan fingerprint density at radius 3 is 2.32 bits per heavy atom. The predicted octanol–water partition coefficient (Wildman–Crippen LogP) is 1.38. The molecule has 0 radical (unpaired) electrons. The highest BCUT2D eigenvalue weighted by molar-refractivity contribution is 5.60. The van der Waals surface area contributed by atoms with Gasteiger partial charge >= 0.3 is 5.69 Å². The van der Waals surface area contributed by atoms with Crippen molar-refractivity contribution in [1.82, 2.24) is 9.55 Å². The van der Waals surface area contributed by atoms with Crippen molar-refractivity contribution in [2.24, 2.45) is 5.92 Å². The summed E-state index contributed by atoms with van der Waals surface area (Å²) >= 11 is 0. The molecule has 6 nitrogen and oxygen atoms in total. The fraction of sp³-hybridized carbons (Fsp3) is 0.692. The lowest BCUT2D eigenvalue weighted by molar-refractivity contribution is 0.437. The highest BCUT2D eigenvalue weighted by Crippen LogP contribution is 2.18. The third kappa shape index (κ3) is 3.19. The molecule has 0 aliphatic carbocycles. The van der Waals surface area contributed by atoms with E-state index >= 15 is 0 Å². The van der Waals surface area contributed by atoms with Crippen molar-refractivity contribution >= 4 is 11.5 Å². The first-order chi connectivity index (χ1) is 8.96. The van der Waals surface area contributed by atoms with Gasteiger partial charge in [0.1, 0.15) is 11.5 Å². The van der Waals surface area contributed by atoms with E-state index < -0.39 is 11.2 Å². The van der Waals surface area contributed by atoms with Crippen LogP contribution in [0.2, 0.25) is 0 Å². The standard InChI is InChI=1S/C13H24N4O2/c1-5-9(6-2)8(4)15-10-11(14)17(7-3)13(19)16-12(10)18/h8-9,15H,5-7,14H2,1-4H3,(H,16,18,19). The van der Waals surface area contributed by atoms with Crippen LogP contribution in [0.15, 0.2) is 9.59 Å². The molecular formula is C13H24N4O2. The number of nitrogen functional groups attached to an aromatic ring is 1. The van der Waals surface area contributed by atoms with Crippen LogP contribution in [0.4, 0.5) is 11.5 Å². The van der Waals surface area contributed by atoms with Crippen LogP contribution in [0, 0.1) is 5.92 Å². The Hall–Kier alpha value is -1.72. The lowest BCUT2D eigenvalue weighted by Gasteiger charge is -2.24. The van der Waals surface area contributed by atoms with Crippen molar-refractivity contribution in [3.05, 3.63) is 20.8 Å². The Kier molecular flexibility index (Phi) is 5.20. The number of hydrogen-bond acceptors (Lipinski definition) is 4. The van der Waals surface area contributed by atoms with E-state index in [1.807, 2.05) is 13.8 Å². The molecule has 0 aliphatic rings. The molecule has 1 aromatic heterocycles. The molecule has 0 bridgehead atoms. The first-order valence-electron chi connectivity index (χ1n) is 6.85. The summed E-state index contributed by atoms with van der Waals surface area (Å²) in [5.41, 5.74) is 5.28. The maximum atomic E-state index is 11.9. The van der Waals surface area contributed by atoms with Gasteiger partial charge in [-0.1, -0.05) is 26.7 Å². The van der Waals surface area contributed by atoms with Crippen molar-refractivity contribution in [1.29, 1.82) is 0 Å². The molecule has 1 aromatic rings. The smallest absolute Gasteiger partial charge is 0.330 e. The minimum atomic E-state index is -0.467. The number of aromatic nitrogens is 2. The topological polar surface area (TPSA) is 92.9 Å². The first kappa shape index (κ1) is 15.3. The minimum absolute atomic E-state index is 0.126. The zero-order chi connectivity index (χ0) is 14.6.